The molecule has 92 valence electrons. The summed E-state index contributed by atoms with van der Waals surface area (Å²) in [6.07, 6.45) is 4.49. The zero-order chi connectivity index (χ0) is 12.1. The van der Waals surface area contributed by atoms with E-state index in [4.69, 9.17) is 4.74 Å². The number of hydrogen-bond acceptors (Lipinski definition) is 2. The minimum atomic E-state index is -0.438. The van der Waals surface area contributed by atoms with Gasteiger partial charge in [-0.05, 0) is 37.5 Å². The first-order valence-corrected chi connectivity index (χ1v) is 6.23. The highest BCUT2D eigenvalue weighted by Crippen LogP contribution is 2.35. The molecule has 0 aliphatic heterocycles. The second-order valence-electron chi connectivity index (χ2n) is 5.14. The fourth-order valence-electron chi connectivity index (χ4n) is 2.52. The van der Waals surface area contributed by atoms with Gasteiger partial charge in [-0.2, -0.15) is 4.99 Å². The second-order valence-corrected chi connectivity index (χ2v) is 5.14. The molecule has 3 nitrogen and oxygen atoms in total. The van der Waals surface area contributed by atoms with Crippen LogP contribution in [0.4, 0.5) is 4.79 Å². The predicted molar refractivity (Wildman–Crippen MR) is 65.8 cm³/mol. The molecular formula is C13H23NO2. The van der Waals surface area contributed by atoms with Crippen molar-refractivity contribution in [2.45, 2.75) is 53.1 Å². The van der Waals surface area contributed by atoms with Crippen LogP contribution in [0, 0.1) is 17.8 Å². The van der Waals surface area contributed by atoms with Crippen molar-refractivity contribution in [3.8, 4) is 0 Å². The molecule has 0 heterocycles. The molecule has 3 heteroatoms. The van der Waals surface area contributed by atoms with Crippen molar-refractivity contribution in [2.75, 3.05) is 0 Å². The van der Waals surface area contributed by atoms with Crippen molar-refractivity contribution in [3.05, 3.63) is 0 Å². The third kappa shape index (κ3) is 3.62. The molecule has 3 atom stereocenters. The summed E-state index contributed by atoms with van der Waals surface area (Å²) in [6, 6.07) is 0. The summed E-state index contributed by atoms with van der Waals surface area (Å²) in [7, 11) is 0. The highest BCUT2D eigenvalue weighted by molar-refractivity contribution is 5.78. The summed E-state index contributed by atoms with van der Waals surface area (Å²) in [5, 5.41) is 0. The Kier molecular flexibility index (Phi) is 4.97. The van der Waals surface area contributed by atoms with Crippen LogP contribution in [-0.2, 0) is 4.74 Å². The number of carbonyl (C=O) groups is 1. The van der Waals surface area contributed by atoms with E-state index in [2.05, 4.69) is 25.8 Å². The van der Waals surface area contributed by atoms with Gasteiger partial charge in [-0.1, -0.05) is 27.2 Å². The normalized spacial score (nSPS) is 30.9. The molecule has 0 spiro atoms. The molecule has 16 heavy (non-hydrogen) atoms. The first-order valence-electron chi connectivity index (χ1n) is 6.23. The van der Waals surface area contributed by atoms with Crippen LogP contribution in [0.1, 0.15) is 47.0 Å². The maximum absolute atomic E-state index is 11.4. The highest BCUT2D eigenvalue weighted by atomic mass is 16.6. The largest absolute Gasteiger partial charge is 0.444 e. The van der Waals surface area contributed by atoms with E-state index in [0.29, 0.717) is 17.8 Å². The average molecular weight is 225 g/mol. The van der Waals surface area contributed by atoms with E-state index in [9.17, 15) is 4.79 Å². The monoisotopic (exact) mass is 225 g/mol. The average Bonchev–Trinajstić information content (AvgIpc) is 2.17. The SMILES string of the molecule is CC=NC(=O)OC1CC(C)CCC1C(C)C. The fourth-order valence-corrected chi connectivity index (χ4v) is 2.52. The van der Waals surface area contributed by atoms with Gasteiger partial charge in [0.05, 0.1) is 0 Å². The van der Waals surface area contributed by atoms with Gasteiger partial charge in [0, 0.05) is 6.21 Å². The molecule has 0 aromatic heterocycles. The summed E-state index contributed by atoms with van der Waals surface area (Å²) < 4.78 is 5.44. The Morgan fingerprint density at radius 2 is 2.12 bits per heavy atom. The lowest BCUT2D eigenvalue weighted by Crippen LogP contribution is -2.35. The molecule has 0 bridgehead atoms. The van der Waals surface area contributed by atoms with Gasteiger partial charge in [-0.3, -0.25) is 0 Å². The van der Waals surface area contributed by atoms with Crippen LogP contribution in [-0.4, -0.2) is 18.4 Å². The molecule has 1 fully saturated rings. The van der Waals surface area contributed by atoms with E-state index in [1.165, 1.54) is 12.6 Å². The molecule has 1 aliphatic rings. The van der Waals surface area contributed by atoms with E-state index in [0.717, 1.165) is 12.8 Å². The number of nitrogens with zero attached hydrogens (tertiary/aromatic N) is 1. The fraction of sp³-hybridized carbons (Fsp3) is 0.846. The molecule has 0 aromatic rings. The Hall–Kier alpha value is -0.860. The van der Waals surface area contributed by atoms with Crippen molar-refractivity contribution < 1.29 is 9.53 Å². The van der Waals surface area contributed by atoms with E-state index in [-0.39, 0.29) is 6.10 Å². The van der Waals surface area contributed by atoms with Gasteiger partial charge in [0.15, 0.2) is 0 Å². The van der Waals surface area contributed by atoms with Gasteiger partial charge in [0.25, 0.3) is 0 Å². The third-order valence-electron chi connectivity index (χ3n) is 3.45. The van der Waals surface area contributed by atoms with E-state index >= 15 is 0 Å². The molecule has 3 unspecified atom stereocenters. The van der Waals surface area contributed by atoms with Gasteiger partial charge in [-0.25, -0.2) is 4.79 Å². The van der Waals surface area contributed by atoms with E-state index in [1.54, 1.807) is 6.92 Å². The Morgan fingerprint density at radius 3 is 2.69 bits per heavy atom. The number of amides is 1. The van der Waals surface area contributed by atoms with Crippen LogP contribution in [0.15, 0.2) is 4.99 Å². The minimum absolute atomic E-state index is 0.0555. The van der Waals surface area contributed by atoms with Crippen LogP contribution in [0.2, 0.25) is 0 Å². The number of hydrogen-bond donors (Lipinski definition) is 0. The molecule has 1 rings (SSSR count). The quantitative estimate of drug-likeness (QED) is 0.672. The van der Waals surface area contributed by atoms with Crippen molar-refractivity contribution in [2.24, 2.45) is 22.7 Å². The molecule has 1 aliphatic carbocycles. The lowest BCUT2D eigenvalue weighted by molar-refractivity contribution is 0.0108. The molecule has 0 radical (unpaired) electrons. The lowest BCUT2D eigenvalue weighted by Gasteiger charge is -2.36. The second kappa shape index (κ2) is 6.02. The number of ether oxygens (including phenoxy) is 1. The Labute approximate surface area is 98.3 Å². The standard InChI is InChI=1S/C13H23NO2/c1-5-14-13(15)16-12-8-10(4)6-7-11(12)9(2)3/h5,9-12H,6-8H2,1-4H3. The maximum Gasteiger partial charge on any atom is 0.433 e. The lowest BCUT2D eigenvalue weighted by atomic mass is 9.75. The van der Waals surface area contributed by atoms with Gasteiger partial charge in [0.2, 0.25) is 0 Å². The van der Waals surface area contributed by atoms with E-state index in [1.807, 2.05) is 0 Å². The van der Waals surface area contributed by atoms with Crippen LogP contribution in [0.5, 0.6) is 0 Å². The molecule has 0 N–H and O–H groups in total. The topological polar surface area (TPSA) is 38.7 Å². The van der Waals surface area contributed by atoms with Crippen molar-refractivity contribution >= 4 is 12.3 Å². The number of aliphatic imine (C=N–C) groups is 1. The Bertz CT molecular complexity index is 261. The number of rotatable bonds is 2. The van der Waals surface area contributed by atoms with Gasteiger partial charge >= 0.3 is 6.09 Å². The summed E-state index contributed by atoms with van der Waals surface area (Å²) >= 11 is 0. The molecule has 1 saturated carbocycles. The summed E-state index contributed by atoms with van der Waals surface area (Å²) in [5.41, 5.74) is 0. The van der Waals surface area contributed by atoms with E-state index < -0.39 is 6.09 Å². The summed E-state index contributed by atoms with van der Waals surface area (Å²) in [5.74, 6) is 1.71. The molecule has 0 aromatic carbocycles. The molecular weight excluding hydrogens is 202 g/mol. The van der Waals surface area contributed by atoms with Crippen molar-refractivity contribution in [1.82, 2.24) is 0 Å². The van der Waals surface area contributed by atoms with Crippen LogP contribution in [0.3, 0.4) is 0 Å². The van der Waals surface area contributed by atoms with Crippen molar-refractivity contribution in [3.63, 3.8) is 0 Å². The smallest absolute Gasteiger partial charge is 0.433 e. The Morgan fingerprint density at radius 1 is 1.44 bits per heavy atom. The number of carbonyl (C=O) groups excluding carboxylic acids is 1. The highest BCUT2D eigenvalue weighted by Gasteiger charge is 2.33. The zero-order valence-electron chi connectivity index (χ0n) is 10.8. The Balaban J connectivity index is 2.60. The van der Waals surface area contributed by atoms with Crippen LogP contribution < -0.4 is 0 Å². The first-order chi connectivity index (χ1) is 7.54. The minimum Gasteiger partial charge on any atom is -0.444 e. The van der Waals surface area contributed by atoms with Crippen LogP contribution >= 0.6 is 0 Å². The van der Waals surface area contributed by atoms with Crippen LogP contribution in [0.25, 0.3) is 0 Å². The predicted octanol–water partition coefficient (Wildman–Crippen LogP) is 3.67. The molecule has 0 saturated heterocycles. The maximum atomic E-state index is 11.4. The van der Waals surface area contributed by atoms with Crippen molar-refractivity contribution in [1.29, 1.82) is 0 Å². The summed E-state index contributed by atoms with van der Waals surface area (Å²) in [6.45, 7) is 8.35. The van der Waals surface area contributed by atoms with Gasteiger partial charge < -0.3 is 4.74 Å². The van der Waals surface area contributed by atoms with Gasteiger partial charge in [0.1, 0.15) is 6.10 Å². The van der Waals surface area contributed by atoms with Gasteiger partial charge in [-0.15, -0.1) is 0 Å². The zero-order valence-corrected chi connectivity index (χ0v) is 10.8. The molecule has 1 amide bonds. The first kappa shape index (κ1) is 13.2. The third-order valence-corrected chi connectivity index (χ3v) is 3.45. The summed E-state index contributed by atoms with van der Waals surface area (Å²) in [4.78, 5) is 15.0.